The lowest BCUT2D eigenvalue weighted by Crippen LogP contribution is -2.44. The number of nitrogen functional groups attached to an aromatic ring is 1. The number of carbonyl (C=O) groups is 1. The number of rotatable bonds is 6. The smallest absolute Gasteiger partial charge is 0.410 e. The quantitative estimate of drug-likeness (QED) is 0.685. The molecule has 162 valence electrons. The van der Waals surface area contributed by atoms with Gasteiger partial charge in [-0.1, -0.05) is 30.3 Å². The first-order chi connectivity index (χ1) is 14.3. The van der Waals surface area contributed by atoms with Crippen LogP contribution in [0.15, 0.2) is 48.5 Å². The fraction of sp³-hybridized carbons (Fsp3) is 0.458. The maximum absolute atomic E-state index is 12.4. The Kier molecular flexibility index (Phi) is 7.08. The van der Waals surface area contributed by atoms with E-state index in [1.165, 1.54) is 0 Å². The summed E-state index contributed by atoms with van der Waals surface area (Å²) in [6.07, 6.45) is 1.69. The van der Waals surface area contributed by atoms with Crippen molar-refractivity contribution in [3.63, 3.8) is 0 Å². The minimum absolute atomic E-state index is 0.241. The number of carbonyl (C=O) groups excluding carboxylic acids is 1. The molecule has 0 aromatic heterocycles. The van der Waals surface area contributed by atoms with Crippen LogP contribution in [0.25, 0.3) is 0 Å². The first-order valence-electron chi connectivity index (χ1n) is 10.5. The Morgan fingerprint density at radius 2 is 1.87 bits per heavy atom. The summed E-state index contributed by atoms with van der Waals surface area (Å²) in [6.45, 7) is 7.94. The van der Waals surface area contributed by atoms with Crippen LogP contribution in [0.5, 0.6) is 11.5 Å². The molecular weight excluding hydrogens is 380 g/mol. The molecule has 1 amide bonds. The van der Waals surface area contributed by atoms with E-state index in [4.69, 9.17) is 19.9 Å². The Morgan fingerprint density at radius 1 is 1.10 bits per heavy atom. The summed E-state index contributed by atoms with van der Waals surface area (Å²) >= 11 is 0. The standard InChI is InChI=1S/C24H32N2O4/c1-24(2,3)30-23(27)26-13-7-10-19(15-26)17-28-21-12-11-20(25)14-22(21)29-16-18-8-5-4-6-9-18/h4-6,8-9,11-12,14,19H,7,10,13,15-17,25H2,1-3H3. The summed E-state index contributed by atoms with van der Waals surface area (Å²) in [7, 11) is 0. The molecule has 6 nitrogen and oxygen atoms in total. The zero-order valence-corrected chi connectivity index (χ0v) is 18.1. The molecule has 1 unspecified atom stereocenters. The fourth-order valence-corrected chi connectivity index (χ4v) is 3.39. The average Bonchev–Trinajstić information content (AvgIpc) is 2.71. The Morgan fingerprint density at radius 3 is 2.60 bits per heavy atom. The Hall–Kier alpha value is -2.89. The molecule has 1 fully saturated rings. The SMILES string of the molecule is CC(C)(C)OC(=O)N1CCCC(COc2ccc(N)cc2OCc2ccccc2)C1. The molecule has 0 bridgehead atoms. The van der Waals surface area contributed by atoms with Crippen molar-refractivity contribution in [3.8, 4) is 11.5 Å². The Balaban J connectivity index is 1.57. The molecule has 1 atom stereocenters. The van der Waals surface area contributed by atoms with E-state index in [1.54, 1.807) is 17.0 Å². The van der Waals surface area contributed by atoms with E-state index >= 15 is 0 Å². The van der Waals surface area contributed by atoms with Gasteiger partial charge in [0.25, 0.3) is 0 Å². The van der Waals surface area contributed by atoms with E-state index in [9.17, 15) is 4.79 Å². The number of nitrogens with zero attached hydrogens (tertiary/aromatic N) is 1. The maximum atomic E-state index is 12.4. The minimum Gasteiger partial charge on any atom is -0.489 e. The van der Waals surface area contributed by atoms with Gasteiger partial charge >= 0.3 is 6.09 Å². The zero-order chi connectivity index (χ0) is 21.6. The molecule has 0 spiro atoms. The molecule has 6 heteroatoms. The molecular formula is C24H32N2O4. The van der Waals surface area contributed by atoms with E-state index in [1.807, 2.05) is 57.2 Å². The molecule has 0 radical (unpaired) electrons. The highest BCUT2D eigenvalue weighted by atomic mass is 16.6. The number of nitrogens with two attached hydrogens (primary N) is 1. The molecule has 0 saturated carbocycles. The van der Waals surface area contributed by atoms with E-state index in [-0.39, 0.29) is 12.0 Å². The second kappa shape index (κ2) is 9.74. The highest BCUT2D eigenvalue weighted by molar-refractivity contribution is 5.68. The second-order valence-electron chi connectivity index (χ2n) is 8.73. The van der Waals surface area contributed by atoms with Gasteiger partial charge in [-0.2, -0.15) is 0 Å². The van der Waals surface area contributed by atoms with Gasteiger partial charge in [0.1, 0.15) is 12.2 Å². The Labute approximate surface area is 178 Å². The summed E-state index contributed by atoms with van der Waals surface area (Å²) in [4.78, 5) is 14.2. The highest BCUT2D eigenvalue weighted by Gasteiger charge is 2.28. The molecule has 30 heavy (non-hydrogen) atoms. The molecule has 2 N–H and O–H groups in total. The van der Waals surface area contributed by atoms with Crippen LogP contribution in [0.3, 0.4) is 0 Å². The molecule has 1 aliphatic heterocycles. The second-order valence-corrected chi connectivity index (χ2v) is 8.73. The van der Waals surface area contributed by atoms with Gasteiger partial charge < -0.3 is 24.8 Å². The van der Waals surface area contributed by atoms with Crippen LogP contribution < -0.4 is 15.2 Å². The van der Waals surface area contributed by atoms with Gasteiger partial charge in [0.15, 0.2) is 11.5 Å². The number of piperidine rings is 1. The summed E-state index contributed by atoms with van der Waals surface area (Å²) in [6, 6.07) is 15.4. The monoisotopic (exact) mass is 412 g/mol. The van der Waals surface area contributed by atoms with Gasteiger partial charge in [-0.05, 0) is 51.3 Å². The molecule has 2 aromatic rings. The lowest BCUT2D eigenvalue weighted by atomic mass is 9.99. The third-order valence-corrected chi connectivity index (χ3v) is 4.85. The van der Waals surface area contributed by atoms with E-state index in [2.05, 4.69) is 0 Å². The topological polar surface area (TPSA) is 74.0 Å². The van der Waals surface area contributed by atoms with E-state index in [0.29, 0.717) is 36.9 Å². The summed E-state index contributed by atoms with van der Waals surface area (Å²) in [5.41, 5.74) is 7.15. The van der Waals surface area contributed by atoms with Crippen molar-refractivity contribution >= 4 is 11.8 Å². The molecule has 1 heterocycles. The van der Waals surface area contributed by atoms with Crippen LogP contribution in [-0.4, -0.2) is 36.3 Å². The van der Waals surface area contributed by atoms with Gasteiger partial charge in [0, 0.05) is 30.8 Å². The number of benzene rings is 2. The van der Waals surface area contributed by atoms with Gasteiger partial charge in [-0.25, -0.2) is 4.79 Å². The summed E-state index contributed by atoms with van der Waals surface area (Å²) in [5.74, 6) is 1.53. The van der Waals surface area contributed by atoms with Crippen molar-refractivity contribution in [2.45, 2.75) is 45.8 Å². The number of anilines is 1. The van der Waals surface area contributed by atoms with Crippen LogP contribution in [0.4, 0.5) is 10.5 Å². The predicted molar refractivity (Wildman–Crippen MR) is 118 cm³/mol. The minimum atomic E-state index is -0.491. The van der Waals surface area contributed by atoms with Crippen LogP contribution >= 0.6 is 0 Å². The van der Waals surface area contributed by atoms with Crippen molar-refractivity contribution in [3.05, 3.63) is 54.1 Å². The van der Waals surface area contributed by atoms with Gasteiger partial charge in [-0.15, -0.1) is 0 Å². The first kappa shape index (κ1) is 21.8. The number of hydrogen-bond donors (Lipinski definition) is 1. The lowest BCUT2D eigenvalue weighted by molar-refractivity contribution is 0.0138. The Bertz CT molecular complexity index is 833. The van der Waals surface area contributed by atoms with Crippen LogP contribution in [-0.2, 0) is 11.3 Å². The summed E-state index contributed by atoms with van der Waals surface area (Å²) < 4.78 is 17.6. The molecule has 1 aliphatic rings. The van der Waals surface area contributed by atoms with Crippen molar-refractivity contribution in [1.29, 1.82) is 0 Å². The lowest BCUT2D eigenvalue weighted by Gasteiger charge is -2.34. The average molecular weight is 413 g/mol. The van der Waals surface area contributed by atoms with Crippen molar-refractivity contribution < 1.29 is 19.0 Å². The van der Waals surface area contributed by atoms with E-state index in [0.717, 1.165) is 24.9 Å². The van der Waals surface area contributed by atoms with Gasteiger partial charge in [-0.3, -0.25) is 0 Å². The fourth-order valence-electron chi connectivity index (χ4n) is 3.39. The summed E-state index contributed by atoms with van der Waals surface area (Å²) in [5, 5.41) is 0. The van der Waals surface area contributed by atoms with Crippen LogP contribution in [0.1, 0.15) is 39.2 Å². The van der Waals surface area contributed by atoms with Crippen LogP contribution in [0, 0.1) is 5.92 Å². The maximum Gasteiger partial charge on any atom is 0.410 e. The third-order valence-electron chi connectivity index (χ3n) is 4.85. The largest absolute Gasteiger partial charge is 0.489 e. The number of likely N-dealkylation sites (tertiary alicyclic amines) is 1. The predicted octanol–water partition coefficient (Wildman–Crippen LogP) is 4.87. The zero-order valence-electron chi connectivity index (χ0n) is 18.1. The molecule has 2 aromatic carbocycles. The van der Waals surface area contributed by atoms with Gasteiger partial charge in [0.2, 0.25) is 0 Å². The number of ether oxygens (including phenoxy) is 3. The van der Waals surface area contributed by atoms with Crippen LogP contribution in [0.2, 0.25) is 0 Å². The van der Waals surface area contributed by atoms with Crippen molar-refractivity contribution in [2.75, 3.05) is 25.4 Å². The van der Waals surface area contributed by atoms with Crippen molar-refractivity contribution in [1.82, 2.24) is 4.90 Å². The number of amides is 1. The molecule has 1 saturated heterocycles. The van der Waals surface area contributed by atoms with Gasteiger partial charge in [0.05, 0.1) is 6.61 Å². The molecule has 3 rings (SSSR count). The first-order valence-corrected chi connectivity index (χ1v) is 10.5. The molecule has 0 aliphatic carbocycles. The highest BCUT2D eigenvalue weighted by Crippen LogP contribution is 2.31. The normalized spacial score (nSPS) is 16.8. The van der Waals surface area contributed by atoms with Crippen molar-refractivity contribution in [2.24, 2.45) is 5.92 Å². The third kappa shape index (κ3) is 6.58. The van der Waals surface area contributed by atoms with E-state index < -0.39 is 5.60 Å². The number of hydrogen-bond acceptors (Lipinski definition) is 5.